The van der Waals surface area contributed by atoms with Crippen molar-refractivity contribution >= 4 is 5.91 Å². The number of β-amino-alcohol motifs (C(OH)–C–C–N with tert-alkyl or cyclic N) is 1. The monoisotopic (exact) mass is 339 g/mol. The summed E-state index contributed by atoms with van der Waals surface area (Å²) in [6, 6.07) is 9.56. The molecule has 0 radical (unpaired) electrons. The molecule has 24 heavy (non-hydrogen) atoms. The largest absolute Gasteiger partial charge is 0.416 e. The van der Waals surface area contributed by atoms with E-state index >= 15 is 0 Å². The highest BCUT2D eigenvalue weighted by Crippen LogP contribution is 2.35. The first-order valence-electron chi connectivity index (χ1n) is 7.15. The second kappa shape index (κ2) is 5.59. The number of hydrogen-bond acceptors (Lipinski definition) is 2. The smallest absolute Gasteiger partial charge is 0.381 e. The van der Waals surface area contributed by atoms with Crippen LogP contribution >= 0.6 is 0 Å². The first-order chi connectivity index (χ1) is 11.2. The van der Waals surface area contributed by atoms with E-state index in [-0.39, 0.29) is 24.2 Å². The highest BCUT2D eigenvalue weighted by atomic mass is 19.4. The van der Waals surface area contributed by atoms with Crippen LogP contribution in [0.1, 0.15) is 21.5 Å². The van der Waals surface area contributed by atoms with Gasteiger partial charge in [-0.15, -0.1) is 0 Å². The van der Waals surface area contributed by atoms with Gasteiger partial charge in [-0.05, 0) is 30.3 Å². The molecule has 1 N–H and O–H groups in total. The first kappa shape index (κ1) is 16.4. The van der Waals surface area contributed by atoms with Crippen LogP contribution in [0.4, 0.5) is 17.6 Å². The molecule has 0 aromatic heterocycles. The van der Waals surface area contributed by atoms with Crippen LogP contribution < -0.4 is 0 Å². The number of rotatable bonds is 2. The molecule has 2 aromatic rings. The van der Waals surface area contributed by atoms with Crippen molar-refractivity contribution in [2.45, 2.75) is 11.8 Å². The number of carbonyl (C=O) groups is 1. The van der Waals surface area contributed by atoms with E-state index in [2.05, 4.69) is 0 Å². The van der Waals surface area contributed by atoms with Crippen molar-refractivity contribution in [1.29, 1.82) is 0 Å². The lowest BCUT2D eigenvalue weighted by Gasteiger charge is -2.46. The molecule has 2 aromatic carbocycles. The van der Waals surface area contributed by atoms with Gasteiger partial charge in [-0.2, -0.15) is 13.2 Å². The summed E-state index contributed by atoms with van der Waals surface area (Å²) in [6.07, 6.45) is -4.47. The number of amides is 1. The molecule has 1 heterocycles. The molecule has 3 nitrogen and oxygen atoms in total. The zero-order valence-corrected chi connectivity index (χ0v) is 12.3. The summed E-state index contributed by atoms with van der Waals surface area (Å²) in [4.78, 5) is 13.5. The highest BCUT2D eigenvalue weighted by Gasteiger charge is 2.46. The van der Waals surface area contributed by atoms with Crippen LogP contribution in [0.25, 0.3) is 0 Å². The van der Waals surface area contributed by atoms with Crippen LogP contribution in [0, 0.1) is 5.82 Å². The molecule has 7 heteroatoms. The van der Waals surface area contributed by atoms with Gasteiger partial charge in [0.05, 0.1) is 18.7 Å². The topological polar surface area (TPSA) is 40.5 Å². The van der Waals surface area contributed by atoms with Crippen molar-refractivity contribution in [2.24, 2.45) is 0 Å². The van der Waals surface area contributed by atoms with Gasteiger partial charge in [-0.25, -0.2) is 4.39 Å². The molecule has 0 aliphatic carbocycles. The van der Waals surface area contributed by atoms with Crippen molar-refractivity contribution in [3.8, 4) is 0 Å². The van der Waals surface area contributed by atoms with Crippen LogP contribution in [-0.2, 0) is 11.8 Å². The van der Waals surface area contributed by atoms with E-state index in [9.17, 15) is 27.5 Å². The van der Waals surface area contributed by atoms with Crippen molar-refractivity contribution < 1.29 is 27.5 Å². The maximum atomic E-state index is 13.7. The van der Waals surface area contributed by atoms with Gasteiger partial charge in [0.1, 0.15) is 11.4 Å². The fourth-order valence-corrected chi connectivity index (χ4v) is 2.72. The molecule has 1 fully saturated rings. The summed E-state index contributed by atoms with van der Waals surface area (Å²) < 4.78 is 51.3. The fraction of sp³-hybridized carbons (Fsp3) is 0.235. The predicted molar refractivity (Wildman–Crippen MR) is 77.6 cm³/mol. The fourth-order valence-electron chi connectivity index (χ4n) is 2.72. The molecular weight excluding hydrogens is 326 g/mol. The average Bonchev–Trinajstić information content (AvgIpc) is 2.51. The maximum absolute atomic E-state index is 13.7. The second-order valence-corrected chi connectivity index (χ2v) is 5.75. The Balaban J connectivity index is 1.72. The summed E-state index contributed by atoms with van der Waals surface area (Å²) >= 11 is 0. The Kier molecular flexibility index (Phi) is 3.83. The van der Waals surface area contributed by atoms with Gasteiger partial charge in [0, 0.05) is 11.1 Å². The van der Waals surface area contributed by atoms with Crippen LogP contribution in [0.5, 0.6) is 0 Å². The summed E-state index contributed by atoms with van der Waals surface area (Å²) in [7, 11) is 0. The minimum Gasteiger partial charge on any atom is -0.381 e. The van der Waals surface area contributed by atoms with Crippen LogP contribution in [0.15, 0.2) is 48.5 Å². The molecule has 1 saturated heterocycles. The van der Waals surface area contributed by atoms with Gasteiger partial charge in [-0.1, -0.05) is 18.2 Å². The normalized spacial score (nSPS) is 16.6. The van der Waals surface area contributed by atoms with Gasteiger partial charge in [0.25, 0.3) is 5.91 Å². The van der Waals surface area contributed by atoms with Gasteiger partial charge >= 0.3 is 6.18 Å². The van der Waals surface area contributed by atoms with Gasteiger partial charge in [0.15, 0.2) is 0 Å². The summed E-state index contributed by atoms with van der Waals surface area (Å²) in [6.45, 7) is -0.235. The first-order valence-corrected chi connectivity index (χ1v) is 7.15. The molecule has 0 bridgehead atoms. The minimum absolute atomic E-state index is 0.0820. The zero-order valence-electron chi connectivity index (χ0n) is 12.3. The molecule has 126 valence electrons. The molecule has 0 spiro atoms. The number of alkyl halides is 3. The zero-order chi connectivity index (χ0) is 17.5. The maximum Gasteiger partial charge on any atom is 0.416 e. The third kappa shape index (κ3) is 2.87. The van der Waals surface area contributed by atoms with Crippen molar-refractivity contribution in [1.82, 2.24) is 4.90 Å². The lowest BCUT2D eigenvalue weighted by molar-refractivity contribution is -0.137. The van der Waals surface area contributed by atoms with Crippen molar-refractivity contribution in [2.75, 3.05) is 13.1 Å². The lowest BCUT2D eigenvalue weighted by Crippen LogP contribution is -2.61. The Morgan fingerprint density at radius 2 is 1.62 bits per heavy atom. The quantitative estimate of drug-likeness (QED) is 0.854. The highest BCUT2D eigenvalue weighted by molar-refractivity contribution is 5.95. The number of nitrogens with zero attached hydrogens (tertiary/aromatic N) is 1. The SMILES string of the molecule is O=C(c1ccc(C(F)(F)F)cc1)N1CC(O)(c2ccccc2F)C1. The molecular formula is C17H13F4NO2. The Bertz CT molecular complexity index is 765. The molecule has 1 aliphatic rings. The number of halogens is 4. The standard InChI is InChI=1S/C17H13F4NO2/c18-14-4-2-1-3-13(14)16(24)9-22(10-16)15(23)11-5-7-12(8-6-11)17(19,20)21/h1-8,24H,9-10H2. The number of benzene rings is 2. The van der Waals surface area contributed by atoms with E-state index in [1.54, 1.807) is 6.07 Å². The summed E-state index contributed by atoms with van der Waals surface area (Å²) in [5, 5.41) is 10.4. The summed E-state index contributed by atoms with van der Waals surface area (Å²) in [5.41, 5.74) is -2.14. The van der Waals surface area contributed by atoms with E-state index in [4.69, 9.17) is 0 Å². The van der Waals surface area contributed by atoms with Gasteiger partial charge in [-0.3, -0.25) is 4.79 Å². The minimum atomic E-state index is -4.47. The Morgan fingerprint density at radius 1 is 1.04 bits per heavy atom. The summed E-state index contributed by atoms with van der Waals surface area (Å²) in [5.74, 6) is -1.08. The molecule has 0 saturated carbocycles. The third-order valence-electron chi connectivity index (χ3n) is 4.03. The second-order valence-electron chi connectivity index (χ2n) is 5.75. The van der Waals surface area contributed by atoms with E-state index < -0.39 is 29.1 Å². The molecule has 1 aliphatic heterocycles. The van der Waals surface area contributed by atoms with Crippen molar-refractivity contribution in [3.05, 3.63) is 71.0 Å². The van der Waals surface area contributed by atoms with Crippen LogP contribution in [-0.4, -0.2) is 29.0 Å². The Morgan fingerprint density at radius 3 is 2.17 bits per heavy atom. The van der Waals surface area contributed by atoms with Crippen LogP contribution in [0.3, 0.4) is 0 Å². The van der Waals surface area contributed by atoms with E-state index in [0.29, 0.717) is 0 Å². The number of carbonyl (C=O) groups excluding carboxylic acids is 1. The molecule has 1 amide bonds. The van der Waals surface area contributed by atoms with Crippen LogP contribution in [0.2, 0.25) is 0 Å². The molecule has 0 atom stereocenters. The Hall–Kier alpha value is -2.41. The average molecular weight is 339 g/mol. The van der Waals surface area contributed by atoms with Crippen molar-refractivity contribution in [3.63, 3.8) is 0 Å². The van der Waals surface area contributed by atoms with Gasteiger partial charge in [0.2, 0.25) is 0 Å². The van der Waals surface area contributed by atoms with E-state index in [1.807, 2.05) is 0 Å². The molecule has 3 rings (SSSR count). The predicted octanol–water partition coefficient (Wildman–Crippen LogP) is 3.19. The molecule has 0 unspecified atom stereocenters. The number of hydrogen-bond donors (Lipinski definition) is 1. The Labute approximate surface area is 135 Å². The third-order valence-corrected chi connectivity index (χ3v) is 4.03. The lowest BCUT2D eigenvalue weighted by atomic mass is 9.85. The van der Waals surface area contributed by atoms with E-state index in [0.717, 1.165) is 24.3 Å². The van der Waals surface area contributed by atoms with Gasteiger partial charge < -0.3 is 10.0 Å². The number of likely N-dealkylation sites (tertiary alicyclic amines) is 1. The number of aliphatic hydroxyl groups is 1. The van der Waals surface area contributed by atoms with E-state index in [1.165, 1.54) is 23.1 Å².